The predicted octanol–water partition coefficient (Wildman–Crippen LogP) is 2.28. The first kappa shape index (κ1) is 19.5. The lowest BCUT2D eigenvalue weighted by molar-refractivity contribution is -0.0586. The number of benzene rings is 1. The Labute approximate surface area is 162 Å². The second kappa shape index (κ2) is 8.18. The lowest BCUT2D eigenvalue weighted by Crippen LogP contribution is -2.48. The average molecular weight is 383 g/mol. The van der Waals surface area contributed by atoms with Crippen LogP contribution in [0.25, 0.3) is 0 Å². The van der Waals surface area contributed by atoms with E-state index in [0.717, 1.165) is 0 Å². The van der Waals surface area contributed by atoms with Crippen molar-refractivity contribution >= 4 is 23.5 Å². The van der Waals surface area contributed by atoms with E-state index in [1.165, 1.54) is 18.2 Å². The minimum absolute atomic E-state index is 0.00338. The molecule has 146 valence electrons. The van der Waals surface area contributed by atoms with Gasteiger partial charge in [0.05, 0.1) is 12.2 Å². The van der Waals surface area contributed by atoms with Crippen LogP contribution in [0.5, 0.6) is 0 Å². The van der Waals surface area contributed by atoms with Crippen LogP contribution in [0.1, 0.15) is 45.2 Å². The molecule has 0 spiro atoms. The van der Waals surface area contributed by atoms with Crippen LogP contribution in [0.2, 0.25) is 0 Å². The number of aromatic nitrogens is 1. The monoisotopic (exact) mass is 383 g/mol. The summed E-state index contributed by atoms with van der Waals surface area (Å²) in [6, 6.07) is 10.7. The van der Waals surface area contributed by atoms with Gasteiger partial charge in [0, 0.05) is 24.3 Å². The number of pyridine rings is 1. The smallest absolute Gasteiger partial charge is 0.354 e. The zero-order valence-electron chi connectivity index (χ0n) is 15.6. The normalized spacial score (nSPS) is 19.1. The van der Waals surface area contributed by atoms with E-state index in [9.17, 15) is 14.4 Å². The van der Waals surface area contributed by atoms with Crippen molar-refractivity contribution in [2.75, 3.05) is 18.4 Å². The first-order valence-corrected chi connectivity index (χ1v) is 8.90. The van der Waals surface area contributed by atoms with Crippen LogP contribution >= 0.6 is 0 Å². The van der Waals surface area contributed by atoms with Gasteiger partial charge in [-0.1, -0.05) is 6.07 Å². The molecule has 2 aromatic rings. The second-order valence-electron chi connectivity index (χ2n) is 6.71. The van der Waals surface area contributed by atoms with Crippen molar-refractivity contribution < 1.29 is 24.2 Å². The van der Waals surface area contributed by atoms with Crippen LogP contribution in [-0.2, 0) is 4.74 Å². The van der Waals surface area contributed by atoms with E-state index in [1.807, 2.05) is 13.8 Å². The molecule has 8 nitrogen and oxygen atoms in total. The summed E-state index contributed by atoms with van der Waals surface area (Å²) >= 11 is 0. The van der Waals surface area contributed by atoms with Gasteiger partial charge in [0.1, 0.15) is 11.4 Å². The van der Waals surface area contributed by atoms with Gasteiger partial charge >= 0.3 is 5.97 Å². The number of carbonyl (C=O) groups excluding carboxylic acids is 2. The minimum Gasteiger partial charge on any atom is -0.477 e. The number of nitrogens with zero attached hydrogens (tertiary/aromatic N) is 2. The molecule has 2 N–H and O–H groups in total. The number of aromatic carboxylic acids is 1. The molecule has 1 aromatic heterocycles. The van der Waals surface area contributed by atoms with Crippen LogP contribution in [0.15, 0.2) is 42.5 Å². The van der Waals surface area contributed by atoms with Gasteiger partial charge in [0.15, 0.2) is 0 Å². The number of hydrogen-bond donors (Lipinski definition) is 2. The third kappa shape index (κ3) is 4.52. The van der Waals surface area contributed by atoms with Gasteiger partial charge in [0.25, 0.3) is 11.8 Å². The average Bonchev–Trinajstić information content (AvgIpc) is 2.67. The maximum absolute atomic E-state index is 12.7. The van der Waals surface area contributed by atoms with E-state index in [0.29, 0.717) is 24.3 Å². The fraction of sp³-hybridized carbons (Fsp3) is 0.300. The highest BCUT2D eigenvalue weighted by Gasteiger charge is 2.26. The van der Waals surface area contributed by atoms with Crippen molar-refractivity contribution in [3.63, 3.8) is 0 Å². The molecule has 1 fully saturated rings. The van der Waals surface area contributed by atoms with Crippen LogP contribution in [-0.4, -0.2) is 58.1 Å². The summed E-state index contributed by atoms with van der Waals surface area (Å²) in [5, 5.41) is 11.6. The van der Waals surface area contributed by atoms with Crippen molar-refractivity contribution in [2.24, 2.45) is 0 Å². The Morgan fingerprint density at radius 1 is 1.04 bits per heavy atom. The summed E-state index contributed by atoms with van der Waals surface area (Å²) in [5.41, 5.74) is 0.789. The molecule has 2 heterocycles. The number of hydrogen-bond acceptors (Lipinski definition) is 5. The highest BCUT2D eigenvalue weighted by molar-refractivity contribution is 6.04. The highest BCUT2D eigenvalue weighted by atomic mass is 16.5. The van der Waals surface area contributed by atoms with Crippen molar-refractivity contribution in [3.05, 3.63) is 59.4 Å². The summed E-state index contributed by atoms with van der Waals surface area (Å²) in [6.45, 7) is 4.93. The van der Waals surface area contributed by atoms with E-state index >= 15 is 0 Å². The summed E-state index contributed by atoms with van der Waals surface area (Å²) in [4.78, 5) is 41.5. The number of morpholine rings is 1. The Bertz CT molecular complexity index is 887. The molecule has 8 heteroatoms. The number of anilines is 1. The Hall–Kier alpha value is -3.26. The van der Waals surface area contributed by atoms with Crippen molar-refractivity contribution in [1.82, 2.24) is 9.88 Å². The lowest BCUT2D eigenvalue weighted by atomic mass is 10.1. The summed E-state index contributed by atoms with van der Waals surface area (Å²) in [5.74, 6) is -1.82. The zero-order chi connectivity index (χ0) is 20.3. The summed E-state index contributed by atoms with van der Waals surface area (Å²) in [6.07, 6.45) is -0.0272. The third-order valence-electron chi connectivity index (χ3n) is 4.30. The quantitative estimate of drug-likeness (QED) is 0.838. The van der Waals surface area contributed by atoms with Crippen LogP contribution in [0.4, 0.5) is 5.69 Å². The molecule has 0 bridgehead atoms. The maximum Gasteiger partial charge on any atom is 0.354 e. The molecule has 0 radical (unpaired) electrons. The predicted molar refractivity (Wildman–Crippen MR) is 102 cm³/mol. The van der Waals surface area contributed by atoms with Gasteiger partial charge in [-0.05, 0) is 50.2 Å². The number of rotatable bonds is 4. The zero-order valence-corrected chi connectivity index (χ0v) is 15.6. The number of carboxylic acid groups (broad SMARTS) is 1. The standard InChI is InChI=1S/C20H21N3O5/c1-12-10-23(11-13(2)28-12)19(25)14-6-8-15(9-7-14)21-18(24)16-4-3-5-17(22-16)20(26)27/h3-9,12-13H,10-11H2,1-2H3,(H,21,24)(H,26,27). The molecule has 1 saturated heterocycles. The number of ether oxygens (including phenoxy) is 1. The van der Waals surface area contributed by atoms with E-state index < -0.39 is 11.9 Å². The van der Waals surface area contributed by atoms with E-state index in [2.05, 4.69) is 10.3 Å². The number of carboxylic acids is 1. The third-order valence-corrected chi connectivity index (χ3v) is 4.30. The number of carbonyl (C=O) groups is 3. The van der Waals surface area contributed by atoms with Gasteiger partial charge in [-0.2, -0.15) is 0 Å². The molecule has 28 heavy (non-hydrogen) atoms. The van der Waals surface area contributed by atoms with Crippen LogP contribution in [0.3, 0.4) is 0 Å². The van der Waals surface area contributed by atoms with Crippen molar-refractivity contribution in [2.45, 2.75) is 26.1 Å². The molecular weight excluding hydrogens is 362 g/mol. The highest BCUT2D eigenvalue weighted by Crippen LogP contribution is 2.17. The molecule has 2 amide bonds. The van der Waals surface area contributed by atoms with E-state index in [1.54, 1.807) is 29.2 Å². The SMILES string of the molecule is CC1CN(C(=O)c2ccc(NC(=O)c3cccc(C(=O)O)n3)cc2)CC(C)O1. The Morgan fingerprint density at radius 2 is 1.64 bits per heavy atom. The Kier molecular flexibility index (Phi) is 5.70. The maximum atomic E-state index is 12.7. The van der Waals surface area contributed by atoms with Gasteiger partial charge in [-0.3, -0.25) is 9.59 Å². The first-order valence-electron chi connectivity index (χ1n) is 8.90. The lowest BCUT2D eigenvalue weighted by Gasteiger charge is -2.35. The molecule has 0 saturated carbocycles. The Morgan fingerprint density at radius 3 is 2.25 bits per heavy atom. The molecular formula is C20H21N3O5. The summed E-state index contributed by atoms with van der Waals surface area (Å²) < 4.78 is 5.65. The molecule has 2 atom stereocenters. The van der Waals surface area contributed by atoms with E-state index in [4.69, 9.17) is 9.84 Å². The van der Waals surface area contributed by atoms with Gasteiger partial charge in [-0.25, -0.2) is 9.78 Å². The molecule has 2 unspecified atom stereocenters. The number of amides is 2. The van der Waals surface area contributed by atoms with Crippen LogP contribution in [0, 0.1) is 0 Å². The van der Waals surface area contributed by atoms with Gasteiger partial charge in [0.2, 0.25) is 0 Å². The summed E-state index contributed by atoms with van der Waals surface area (Å²) in [7, 11) is 0. The molecule has 3 rings (SSSR count). The first-order chi connectivity index (χ1) is 13.3. The fourth-order valence-electron chi connectivity index (χ4n) is 3.10. The molecule has 1 aromatic carbocycles. The topological polar surface area (TPSA) is 109 Å². The van der Waals surface area contributed by atoms with Crippen LogP contribution < -0.4 is 5.32 Å². The largest absolute Gasteiger partial charge is 0.477 e. The van der Waals surface area contributed by atoms with Gasteiger partial charge in [-0.15, -0.1) is 0 Å². The number of nitrogens with one attached hydrogen (secondary N) is 1. The fourth-order valence-corrected chi connectivity index (χ4v) is 3.10. The molecule has 1 aliphatic heterocycles. The molecule has 1 aliphatic rings. The van der Waals surface area contributed by atoms with Gasteiger partial charge < -0.3 is 20.1 Å². The van der Waals surface area contributed by atoms with E-state index in [-0.39, 0.29) is 29.5 Å². The van der Waals surface area contributed by atoms with Crippen molar-refractivity contribution in [1.29, 1.82) is 0 Å². The molecule has 0 aliphatic carbocycles. The minimum atomic E-state index is -1.20. The Balaban J connectivity index is 1.67. The van der Waals surface area contributed by atoms with Crippen molar-refractivity contribution in [3.8, 4) is 0 Å². The second-order valence-corrected chi connectivity index (χ2v) is 6.71.